The number of rotatable bonds is 3. The fraction of sp³-hybridized carbons (Fsp3) is 0.727. The maximum absolute atomic E-state index is 12.2. The Balaban J connectivity index is 2.16. The molecule has 0 aromatic carbocycles. The summed E-state index contributed by atoms with van der Waals surface area (Å²) in [6.45, 7) is 5.52. The Kier molecular flexibility index (Phi) is 3.74. The van der Waals surface area contributed by atoms with Gasteiger partial charge in [-0.15, -0.1) is 0 Å². The van der Waals surface area contributed by atoms with E-state index in [9.17, 15) is 8.42 Å². The maximum atomic E-state index is 12.2. The van der Waals surface area contributed by atoms with Gasteiger partial charge >= 0.3 is 0 Å². The molecule has 0 amide bonds. The summed E-state index contributed by atoms with van der Waals surface area (Å²) in [6, 6.07) is -0.0152. The topological polar surface area (TPSA) is 76.0 Å². The van der Waals surface area contributed by atoms with Gasteiger partial charge in [0.15, 0.2) is 5.03 Å². The highest BCUT2D eigenvalue weighted by Gasteiger charge is 2.28. The van der Waals surface area contributed by atoms with E-state index in [1.807, 2.05) is 6.92 Å². The summed E-state index contributed by atoms with van der Waals surface area (Å²) in [5.41, 5.74) is 0. The van der Waals surface area contributed by atoms with Crippen LogP contribution in [0, 0.1) is 12.8 Å². The van der Waals surface area contributed by atoms with Crippen molar-refractivity contribution in [2.75, 3.05) is 13.1 Å². The van der Waals surface area contributed by atoms with Gasteiger partial charge in [0.05, 0.1) is 0 Å². The summed E-state index contributed by atoms with van der Waals surface area (Å²) in [7, 11) is -1.72. The minimum atomic E-state index is -3.50. The van der Waals surface area contributed by atoms with Crippen molar-refractivity contribution in [3.63, 3.8) is 0 Å². The van der Waals surface area contributed by atoms with Crippen molar-refractivity contribution >= 4 is 10.0 Å². The standard InChI is InChI=1S/C11H20N4O2S/c1-8-6-12-5-4-10(8)14-18(16,17)11-7-15(3)9(2)13-11/h7-8,10,12,14H,4-6H2,1-3H3/t8-,10+/m0/s1. The van der Waals surface area contributed by atoms with E-state index >= 15 is 0 Å². The summed E-state index contributed by atoms with van der Waals surface area (Å²) in [6.07, 6.45) is 2.36. The molecule has 0 unspecified atom stereocenters. The third kappa shape index (κ3) is 2.73. The summed E-state index contributed by atoms with van der Waals surface area (Å²) >= 11 is 0. The molecule has 2 N–H and O–H groups in total. The first-order valence-corrected chi connectivity index (χ1v) is 7.61. The lowest BCUT2D eigenvalue weighted by Crippen LogP contribution is -2.48. The van der Waals surface area contributed by atoms with Crippen molar-refractivity contribution in [2.45, 2.75) is 31.3 Å². The van der Waals surface area contributed by atoms with Gasteiger partial charge in [0.25, 0.3) is 10.0 Å². The second-order valence-electron chi connectivity index (χ2n) is 4.94. The highest BCUT2D eigenvalue weighted by atomic mass is 32.2. The predicted octanol–water partition coefficient (Wildman–Crippen LogP) is 0.00482. The normalized spacial score (nSPS) is 25.3. The number of nitrogens with one attached hydrogen (secondary N) is 2. The van der Waals surface area contributed by atoms with Crippen LogP contribution in [0.4, 0.5) is 0 Å². The molecule has 0 spiro atoms. The molecule has 2 heterocycles. The zero-order valence-electron chi connectivity index (χ0n) is 11.0. The fourth-order valence-corrected chi connectivity index (χ4v) is 3.52. The minimum absolute atomic E-state index is 0.0152. The SMILES string of the molecule is Cc1nc(S(=O)(=O)N[C@@H]2CCNC[C@@H]2C)cn1C. The molecule has 1 aliphatic heterocycles. The molecule has 0 radical (unpaired) electrons. The summed E-state index contributed by atoms with van der Waals surface area (Å²) in [5.74, 6) is 0.979. The number of nitrogens with zero attached hydrogens (tertiary/aromatic N) is 2. The maximum Gasteiger partial charge on any atom is 0.259 e. The molecule has 1 aromatic rings. The molecule has 7 heteroatoms. The number of hydrogen-bond donors (Lipinski definition) is 2. The third-order valence-electron chi connectivity index (χ3n) is 3.45. The molecule has 6 nitrogen and oxygen atoms in total. The zero-order chi connectivity index (χ0) is 13.3. The molecule has 0 bridgehead atoms. The van der Waals surface area contributed by atoms with Crippen molar-refractivity contribution in [1.82, 2.24) is 19.6 Å². The van der Waals surface area contributed by atoms with Crippen LogP contribution in [-0.4, -0.2) is 37.1 Å². The van der Waals surface area contributed by atoms with Crippen LogP contribution in [0.5, 0.6) is 0 Å². The van der Waals surface area contributed by atoms with E-state index in [-0.39, 0.29) is 11.1 Å². The van der Waals surface area contributed by atoms with Crippen LogP contribution in [0.2, 0.25) is 0 Å². The summed E-state index contributed by atoms with van der Waals surface area (Å²) in [5, 5.41) is 3.35. The Morgan fingerprint density at radius 2 is 2.28 bits per heavy atom. The first-order valence-electron chi connectivity index (χ1n) is 6.13. The van der Waals surface area contributed by atoms with Gasteiger partial charge in [-0.3, -0.25) is 0 Å². The van der Waals surface area contributed by atoms with Crippen molar-refractivity contribution in [3.05, 3.63) is 12.0 Å². The fourth-order valence-electron chi connectivity index (χ4n) is 2.10. The van der Waals surface area contributed by atoms with Gasteiger partial charge in [0, 0.05) is 19.3 Å². The molecule has 1 saturated heterocycles. The molecular formula is C11H20N4O2S. The minimum Gasteiger partial charge on any atom is -0.337 e. The average Bonchev–Trinajstić information content (AvgIpc) is 2.63. The number of aryl methyl sites for hydroxylation is 2. The highest BCUT2D eigenvalue weighted by molar-refractivity contribution is 7.89. The average molecular weight is 272 g/mol. The predicted molar refractivity (Wildman–Crippen MR) is 68.7 cm³/mol. The molecule has 1 aliphatic rings. The van der Waals surface area contributed by atoms with Gasteiger partial charge < -0.3 is 9.88 Å². The second-order valence-corrected chi connectivity index (χ2v) is 6.60. The number of imidazole rings is 1. The van der Waals surface area contributed by atoms with E-state index in [2.05, 4.69) is 15.0 Å². The third-order valence-corrected chi connectivity index (χ3v) is 4.81. The smallest absolute Gasteiger partial charge is 0.259 e. The first-order chi connectivity index (χ1) is 8.40. The van der Waals surface area contributed by atoms with Gasteiger partial charge in [0.1, 0.15) is 5.82 Å². The van der Waals surface area contributed by atoms with Crippen molar-refractivity contribution < 1.29 is 8.42 Å². The van der Waals surface area contributed by atoms with Crippen molar-refractivity contribution in [3.8, 4) is 0 Å². The molecule has 18 heavy (non-hydrogen) atoms. The number of aromatic nitrogens is 2. The lowest BCUT2D eigenvalue weighted by Gasteiger charge is -2.29. The van der Waals surface area contributed by atoms with Crippen molar-refractivity contribution in [1.29, 1.82) is 0 Å². The Morgan fingerprint density at radius 3 is 2.83 bits per heavy atom. The van der Waals surface area contributed by atoms with Crippen LogP contribution in [0.15, 0.2) is 11.2 Å². The molecule has 1 fully saturated rings. The van der Waals surface area contributed by atoms with Crippen molar-refractivity contribution in [2.24, 2.45) is 13.0 Å². The highest BCUT2D eigenvalue weighted by Crippen LogP contribution is 2.15. The van der Waals surface area contributed by atoms with Crippen LogP contribution in [0.1, 0.15) is 19.2 Å². The van der Waals surface area contributed by atoms with Gasteiger partial charge in [0.2, 0.25) is 0 Å². The van der Waals surface area contributed by atoms with Crippen LogP contribution < -0.4 is 10.0 Å². The number of sulfonamides is 1. The Bertz CT molecular complexity index is 504. The number of piperidine rings is 1. The Labute approximate surface area is 108 Å². The first kappa shape index (κ1) is 13.5. The van der Waals surface area contributed by atoms with E-state index in [1.54, 1.807) is 24.7 Å². The molecular weight excluding hydrogens is 252 g/mol. The Morgan fingerprint density at radius 1 is 1.56 bits per heavy atom. The molecule has 2 rings (SSSR count). The zero-order valence-corrected chi connectivity index (χ0v) is 11.8. The monoisotopic (exact) mass is 272 g/mol. The van der Waals surface area contributed by atoms with Crippen LogP contribution in [-0.2, 0) is 17.1 Å². The van der Waals surface area contributed by atoms with Crippen LogP contribution in [0.25, 0.3) is 0 Å². The van der Waals surface area contributed by atoms with E-state index in [1.165, 1.54) is 0 Å². The second kappa shape index (κ2) is 4.99. The van der Waals surface area contributed by atoms with Crippen LogP contribution >= 0.6 is 0 Å². The van der Waals surface area contributed by atoms with E-state index in [4.69, 9.17) is 0 Å². The lowest BCUT2D eigenvalue weighted by molar-refractivity contribution is 0.328. The number of hydrogen-bond acceptors (Lipinski definition) is 4. The Hall–Kier alpha value is -0.920. The largest absolute Gasteiger partial charge is 0.337 e. The summed E-state index contributed by atoms with van der Waals surface area (Å²) in [4.78, 5) is 4.07. The molecule has 0 aliphatic carbocycles. The van der Waals surface area contributed by atoms with E-state index in [0.29, 0.717) is 11.7 Å². The molecule has 102 valence electrons. The quantitative estimate of drug-likeness (QED) is 0.812. The lowest BCUT2D eigenvalue weighted by atomic mass is 9.97. The van der Waals surface area contributed by atoms with Crippen LogP contribution in [0.3, 0.4) is 0 Å². The van der Waals surface area contributed by atoms with Gasteiger partial charge in [-0.1, -0.05) is 6.92 Å². The van der Waals surface area contributed by atoms with E-state index in [0.717, 1.165) is 19.5 Å². The summed E-state index contributed by atoms with van der Waals surface area (Å²) < 4.78 is 28.9. The van der Waals surface area contributed by atoms with Gasteiger partial charge in [-0.25, -0.2) is 18.1 Å². The molecule has 0 saturated carbocycles. The van der Waals surface area contributed by atoms with Gasteiger partial charge in [-0.05, 0) is 32.4 Å². The van der Waals surface area contributed by atoms with Gasteiger partial charge in [-0.2, -0.15) is 0 Å². The molecule has 2 atom stereocenters. The van der Waals surface area contributed by atoms with E-state index < -0.39 is 10.0 Å². The molecule has 1 aromatic heterocycles.